The van der Waals surface area contributed by atoms with Crippen LogP contribution in [0.5, 0.6) is 0 Å². The number of aliphatic carboxylic acids is 1. The molecule has 0 unspecified atom stereocenters. The number of aromatic nitrogens is 4. The van der Waals surface area contributed by atoms with Gasteiger partial charge in [-0.15, -0.1) is 10.2 Å². The zero-order chi connectivity index (χ0) is 27.8. The molecule has 1 aliphatic heterocycles. The van der Waals surface area contributed by atoms with E-state index in [0.717, 1.165) is 5.56 Å². The Morgan fingerprint density at radius 3 is 2.53 bits per heavy atom. The summed E-state index contributed by atoms with van der Waals surface area (Å²) in [6.07, 6.45) is 0.479. The normalized spacial score (nSPS) is 16.6. The number of rotatable bonds is 12. The van der Waals surface area contributed by atoms with Gasteiger partial charge in [-0.1, -0.05) is 50.6 Å². The van der Waals surface area contributed by atoms with E-state index in [-0.39, 0.29) is 24.7 Å². The van der Waals surface area contributed by atoms with Crippen molar-refractivity contribution in [3.05, 3.63) is 35.7 Å². The van der Waals surface area contributed by atoms with Crippen LogP contribution in [-0.4, -0.2) is 74.0 Å². The molecule has 14 heteroatoms. The molecule has 1 aromatic carbocycles. The van der Waals surface area contributed by atoms with Crippen molar-refractivity contribution in [2.45, 2.75) is 58.7 Å². The lowest BCUT2D eigenvalue weighted by Gasteiger charge is -2.27. The van der Waals surface area contributed by atoms with E-state index in [0.29, 0.717) is 18.5 Å². The van der Waals surface area contributed by atoms with Crippen molar-refractivity contribution < 1.29 is 29.1 Å². The summed E-state index contributed by atoms with van der Waals surface area (Å²) in [6, 6.07) is 5.32. The molecule has 5 N–H and O–H groups in total. The van der Waals surface area contributed by atoms with Crippen molar-refractivity contribution in [3.8, 4) is 0 Å². The molecule has 0 saturated heterocycles. The molecule has 2 heterocycles. The minimum absolute atomic E-state index is 0.0253. The number of hydrogen-bond acceptors (Lipinski definition) is 8. The van der Waals surface area contributed by atoms with Crippen molar-refractivity contribution >= 4 is 35.3 Å². The standard InChI is InChI=1S/C24H32N8O6/c1-4-13(2)21(27-22(36)14(3)9-20(34)35)24(38)26-12-19(33)32-16-8-6-5-7-15(16)10-17(32)23(37)25-11-18-28-30-31-29-18/h5-8,13-14,17,21H,4,9-12H2,1-3H3,(H,25,37)(H,26,38)(H,27,36)(H,34,35)(H,28,29,30,31)/t13-,14+,17-,21-/m0/s1. The van der Waals surface area contributed by atoms with Gasteiger partial charge in [-0.3, -0.25) is 28.9 Å². The number of fused-ring (bicyclic) bond motifs is 1. The van der Waals surface area contributed by atoms with Gasteiger partial charge in [0.1, 0.15) is 12.1 Å². The van der Waals surface area contributed by atoms with E-state index < -0.39 is 54.1 Å². The maximum atomic E-state index is 13.3. The lowest BCUT2D eigenvalue weighted by Crippen LogP contribution is -2.55. The first-order chi connectivity index (χ1) is 18.1. The second-order valence-electron chi connectivity index (χ2n) is 9.25. The van der Waals surface area contributed by atoms with Gasteiger partial charge in [-0.25, -0.2) is 0 Å². The smallest absolute Gasteiger partial charge is 0.304 e. The molecule has 1 aromatic heterocycles. The van der Waals surface area contributed by atoms with Crippen LogP contribution < -0.4 is 20.9 Å². The lowest BCUT2D eigenvalue weighted by molar-refractivity contribution is -0.141. The highest BCUT2D eigenvalue weighted by atomic mass is 16.4. The summed E-state index contributed by atoms with van der Waals surface area (Å²) in [4.78, 5) is 64.1. The van der Waals surface area contributed by atoms with Gasteiger partial charge in [0.15, 0.2) is 5.82 Å². The summed E-state index contributed by atoms with van der Waals surface area (Å²) in [6.45, 7) is 4.71. The molecule has 1 aliphatic rings. The largest absolute Gasteiger partial charge is 0.481 e. The summed E-state index contributed by atoms with van der Waals surface area (Å²) < 4.78 is 0. The molecule has 204 valence electrons. The summed E-state index contributed by atoms with van der Waals surface area (Å²) >= 11 is 0. The van der Waals surface area contributed by atoms with Crippen molar-refractivity contribution in [2.24, 2.45) is 11.8 Å². The van der Waals surface area contributed by atoms with E-state index in [9.17, 15) is 24.0 Å². The molecule has 0 bridgehead atoms. The molecule has 4 amide bonds. The fourth-order valence-corrected chi connectivity index (χ4v) is 4.16. The van der Waals surface area contributed by atoms with Gasteiger partial charge >= 0.3 is 5.97 Å². The fraction of sp³-hybridized carbons (Fsp3) is 0.500. The van der Waals surface area contributed by atoms with E-state index in [1.165, 1.54) is 11.8 Å². The van der Waals surface area contributed by atoms with Crippen LogP contribution in [0.4, 0.5) is 5.69 Å². The number of nitrogens with one attached hydrogen (secondary N) is 4. The van der Waals surface area contributed by atoms with Crippen LogP contribution in [0, 0.1) is 11.8 Å². The fourth-order valence-electron chi connectivity index (χ4n) is 4.16. The van der Waals surface area contributed by atoms with E-state index in [1.807, 2.05) is 19.1 Å². The molecule has 0 spiro atoms. The Balaban J connectivity index is 1.68. The second kappa shape index (κ2) is 12.7. The molecule has 0 saturated carbocycles. The summed E-state index contributed by atoms with van der Waals surface area (Å²) in [5.41, 5.74) is 1.38. The Morgan fingerprint density at radius 1 is 1.13 bits per heavy atom. The van der Waals surface area contributed by atoms with Crippen LogP contribution in [0.2, 0.25) is 0 Å². The van der Waals surface area contributed by atoms with Gasteiger partial charge in [0.05, 0.1) is 19.5 Å². The van der Waals surface area contributed by atoms with Gasteiger partial charge < -0.3 is 21.1 Å². The average molecular weight is 529 g/mol. The molecule has 14 nitrogen and oxygen atoms in total. The minimum atomic E-state index is -1.12. The monoisotopic (exact) mass is 528 g/mol. The van der Waals surface area contributed by atoms with Crippen LogP contribution in [0.1, 0.15) is 45.0 Å². The first-order valence-electron chi connectivity index (χ1n) is 12.3. The van der Waals surface area contributed by atoms with Gasteiger partial charge in [-0.05, 0) is 17.5 Å². The molecule has 0 fully saturated rings. The van der Waals surface area contributed by atoms with Crippen molar-refractivity contribution in [1.29, 1.82) is 0 Å². The number of carbonyl (C=O) groups excluding carboxylic acids is 4. The van der Waals surface area contributed by atoms with Crippen molar-refractivity contribution in [2.75, 3.05) is 11.4 Å². The maximum Gasteiger partial charge on any atom is 0.304 e. The highest BCUT2D eigenvalue weighted by Gasteiger charge is 2.38. The third-order valence-corrected chi connectivity index (χ3v) is 6.49. The number of H-pyrrole nitrogens is 1. The Labute approximate surface area is 218 Å². The number of benzene rings is 1. The van der Waals surface area contributed by atoms with E-state index >= 15 is 0 Å². The Bertz CT molecular complexity index is 1170. The molecule has 38 heavy (non-hydrogen) atoms. The molecule has 0 radical (unpaired) electrons. The predicted octanol–water partition coefficient (Wildman–Crippen LogP) is -0.468. The summed E-state index contributed by atoms with van der Waals surface area (Å²) in [5.74, 6) is -4.00. The minimum Gasteiger partial charge on any atom is -0.481 e. The van der Waals surface area contributed by atoms with Crippen LogP contribution >= 0.6 is 0 Å². The molecule has 2 aromatic rings. The van der Waals surface area contributed by atoms with Gasteiger partial charge in [0.2, 0.25) is 23.6 Å². The number of tetrazole rings is 1. The van der Waals surface area contributed by atoms with Gasteiger partial charge in [0, 0.05) is 18.0 Å². The zero-order valence-electron chi connectivity index (χ0n) is 21.4. The number of hydrogen-bond donors (Lipinski definition) is 5. The molecular formula is C24H32N8O6. The lowest BCUT2D eigenvalue weighted by atomic mass is 9.97. The van der Waals surface area contributed by atoms with Gasteiger partial charge in [-0.2, -0.15) is 5.21 Å². The van der Waals surface area contributed by atoms with E-state index in [1.54, 1.807) is 19.1 Å². The summed E-state index contributed by atoms with van der Waals surface area (Å²) in [5, 5.41) is 30.2. The third kappa shape index (κ3) is 6.89. The quantitative estimate of drug-likeness (QED) is 0.242. The molecule has 3 rings (SSSR count). The first kappa shape index (κ1) is 28.2. The van der Waals surface area contributed by atoms with Gasteiger partial charge in [0.25, 0.3) is 0 Å². The molecule has 0 aliphatic carbocycles. The number of carboxylic acid groups (broad SMARTS) is 1. The van der Waals surface area contributed by atoms with Crippen molar-refractivity contribution in [1.82, 2.24) is 36.6 Å². The number of anilines is 1. The third-order valence-electron chi connectivity index (χ3n) is 6.49. The van der Waals surface area contributed by atoms with Crippen LogP contribution in [0.3, 0.4) is 0 Å². The number of amides is 4. The summed E-state index contributed by atoms with van der Waals surface area (Å²) in [7, 11) is 0. The highest BCUT2D eigenvalue weighted by molar-refractivity contribution is 6.05. The van der Waals surface area contributed by atoms with E-state index in [2.05, 4.69) is 36.6 Å². The van der Waals surface area contributed by atoms with Crippen LogP contribution in [0.25, 0.3) is 0 Å². The Kier molecular flexibility index (Phi) is 9.46. The topological polar surface area (TPSA) is 199 Å². The number of carboxylic acids is 1. The second-order valence-corrected chi connectivity index (χ2v) is 9.25. The zero-order valence-corrected chi connectivity index (χ0v) is 21.4. The molecular weight excluding hydrogens is 496 g/mol. The van der Waals surface area contributed by atoms with Crippen molar-refractivity contribution in [3.63, 3.8) is 0 Å². The first-order valence-corrected chi connectivity index (χ1v) is 12.3. The number of para-hydroxylation sites is 1. The highest BCUT2D eigenvalue weighted by Crippen LogP contribution is 2.32. The number of nitrogens with zero attached hydrogens (tertiary/aromatic N) is 4. The van der Waals surface area contributed by atoms with E-state index in [4.69, 9.17) is 5.11 Å². The van der Waals surface area contributed by atoms with Crippen LogP contribution in [-0.2, 0) is 36.9 Å². The predicted molar refractivity (Wildman–Crippen MR) is 133 cm³/mol. The Morgan fingerprint density at radius 2 is 1.87 bits per heavy atom. The Hall–Kier alpha value is -4.36. The number of carbonyl (C=O) groups is 5. The average Bonchev–Trinajstić information content (AvgIpc) is 3.55. The molecule has 4 atom stereocenters. The van der Waals surface area contributed by atoms with Crippen LogP contribution in [0.15, 0.2) is 24.3 Å². The number of aromatic amines is 1. The maximum absolute atomic E-state index is 13.3. The SMILES string of the molecule is CC[C@H](C)[C@H](NC(=O)[C@H](C)CC(=O)O)C(=O)NCC(=O)N1c2ccccc2C[C@H]1C(=O)NCc1nn[nH]n1.